The highest BCUT2D eigenvalue weighted by Crippen LogP contribution is 2.31. The standard InChI is InChI=1S/C11H10BrNO/c1-7-3-4-9(12)8-5-6-13-11(14-2)10(7)8/h3-6H,1-2H3. The van der Waals surface area contributed by atoms with Gasteiger partial charge in [0.05, 0.1) is 7.11 Å². The van der Waals surface area contributed by atoms with Gasteiger partial charge < -0.3 is 4.74 Å². The maximum atomic E-state index is 5.23. The van der Waals surface area contributed by atoms with E-state index in [0.29, 0.717) is 5.88 Å². The number of rotatable bonds is 1. The maximum absolute atomic E-state index is 5.23. The number of ether oxygens (including phenoxy) is 1. The monoisotopic (exact) mass is 251 g/mol. The Kier molecular flexibility index (Phi) is 2.42. The molecule has 0 aliphatic heterocycles. The van der Waals surface area contributed by atoms with Crippen LogP contribution in [-0.4, -0.2) is 12.1 Å². The van der Waals surface area contributed by atoms with E-state index < -0.39 is 0 Å². The number of aromatic nitrogens is 1. The fraction of sp³-hybridized carbons (Fsp3) is 0.182. The topological polar surface area (TPSA) is 22.1 Å². The molecule has 72 valence electrons. The SMILES string of the molecule is COc1nccc2c(Br)ccc(C)c12. The predicted molar refractivity (Wildman–Crippen MR) is 60.7 cm³/mol. The number of aryl methyl sites for hydroxylation is 1. The maximum Gasteiger partial charge on any atom is 0.221 e. The highest BCUT2D eigenvalue weighted by molar-refractivity contribution is 9.10. The van der Waals surface area contributed by atoms with E-state index >= 15 is 0 Å². The zero-order valence-electron chi connectivity index (χ0n) is 8.04. The van der Waals surface area contributed by atoms with Crippen molar-refractivity contribution < 1.29 is 4.74 Å². The lowest BCUT2D eigenvalue weighted by molar-refractivity contribution is 0.403. The van der Waals surface area contributed by atoms with Gasteiger partial charge in [0.1, 0.15) is 0 Å². The second-order valence-electron chi connectivity index (χ2n) is 3.11. The van der Waals surface area contributed by atoms with Crippen LogP contribution in [0.5, 0.6) is 5.88 Å². The van der Waals surface area contributed by atoms with Crippen LogP contribution in [0.4, 0.5) is 0 Å². The van der Waals surface area contributed by atoms with Gasteiger partial charge in [-0.1, -0.05) is 22.0 Å². The molecule has 0 atom stereocenters. The van der Waals surface area contributed by atoms with Crippen molar-refractivity contribution in [3.63, 3.8) is 0 Å². The van der Waals surface area contributed by atoms with Crippen molar-refractivity contribution in [1.29, 1.82) is 0 Å². The number of hydrogen-bond acceptors (Lipinski definition) is 2. The molecule has 3 heteroatoms. The average molecular weight is 252 g/mol. The Morgan fingerprint density at radius 2 is 2.07 bits per heavy atom. The highest BCUT2D eigenvalue weighted by atomic mass is 79.9. The minimum absolute atomic E-state index is 0.682. The molecule has 2 nitrogen and oxygen atoms in total. The summed E-state index contributed by atoms with van der Waals surface area (Å²) < 4.78 is 6.30. The Balaban J connectivity index is 2.92. The van der Waals surface area contributed by atoms with Crippen LogP contribution in [0.3, 0.4) is 0 Å². The quantitative estimate of drug-likeness (QED) is 0.776. The van der Waals surface area contributed by atoms with Crippen LogP contribution in [-0.2, 0) is 0 Å². The van der Waals surface area contributed by atoms with Crippen LogP contribution < -0.4 is 4.74 Å². The molecule has 1 aromatic carbocycles. The molecule has 0 bridgehead atoms. The average Bonchev–Trinajstić information content (AvgIpc) is 2.23. The zero-order chi connectivity index (χ0) is 10.1. The van der Waals surface area contributed by atoms with E-state index in [1.807, 2.05) is 12.1 Å². The largest absolute Gasteiger partial charge is 0.481 e. The first kappa shape index (κ1) is 9.46. The molecule has 1 heterocycles. The molecular weight excluding hydrogens is 242 g/mol. The first-order valence-electron chi connectivity index (χ1n) is 4.32. The van der Waals surface area contributed by atoms with E-state index in [1.54, 1.807) is 13.3 Å². The first-order chi connectivity index (χ1) is 6.74. The molecule has 0 fully saturated rings. The summed E-state index contributed by atoms with van der Waals surface area (Å²) in [6, 6.07) is 6.07. The molecule has 0 spiro atoms. The fourth-order valence-corrected chi connectivity index (χ4v) is 2.01. The first-order valence-corrected chi connectivity index (χ1v) is 5.11. The molecule has 1 aromatic heterocycles. The van der Waals surface area contributed by atoms with Crippen LogP contribution >= 0.6 is 15.9 Å². The van der Waals surface area contributed by atoms with Gasteiger partial charge >= 0.3 is 0 Å². The van der Waals surface area contributed by atoms with Gasteiger partial charge in [-0.2, -0.15) is 0 Å². The van der Waals surface area contributed by atoms with E-state index in [2.05, 4.69) is 33.9 Å². The summed E-state index contributed by atoms with van der Waals surface area (Å²) in [5.41, 5.74) is 1.17. The Hall–Kier alpha value is -1.09. The summed E-state index contributed by atoms with van der Waals surface area (Å²) in [6.45, 7) is 2.05. The second kappa shape index (κ2) is 3.58. The van der Waals surface area contributed by atoms with Crippen LogP contribution in [0.1, 0.15) is 5.56 Å². The molecule has 0 saturated heterocycles. The molecule has 0 saturated carbocycles. The van der Waals surface area contributed by atoms with Gasteiger partial charge in [-0.3, -0.25) is 0 Å². The van der Waals surface area contributed by atoms with Crippen molar-refractivity contribution in [2.24, 2.45) is 0 Å². The van der Waals surface area contributed by atoms with Crippen molar-refractivity contribution in [3.8, 4) is 5.88 Å². The van der Waals surface area contributed by atoms with Gasteiger partial charge in [-0.15, -0.1) is 0 Å². The van der Waals surface area contributed by atoms with E-state index in [1.165, 1.54) is 5.56 Å². The molecule has 0 radical (unpaired) electrons. The van der Waals surface area contributed by atoms with Crippen LogP contribution in [0.25, 0.3) is 10.8 Å². The van der Waals surface area contributed by atoms with Crippen molar-refractivity contribution in [2.45, 2.75) is 6.92 Å². The van der Waals surface area contributed by atoms with Crippen molar-refractivity contribution >= 4 is 26.7 Å². The van der Waals surface area contributed by atoms with Crippen LogP contribution in [0.2, 0.25) is 0 Å². The van der Waals surface area contributed by atoms with Gasteiger partial charge in [0.15, 0.2) is 0 Å². The lowest BCUT2D eigenvalue weighted by Crippen LogP contribution is -1.90. The number of fused-ring (bicyclic) bond motifs is 1. The van der Waals surface area contributed by atoms with E-state index in [4.69, 9.17) is 4.74 Å². The third kappa shape index (κ3) is 1.38. The molecule has 0 N–H and O–H groups in total. The third-order valence-corrected chi connectivity index (χ3v) is 2.93. The van der Waals surface area contributed by atoms with Crippen molar-refractivity contribution in [2.75, 3.05) is 7.11 Å². The smallest absolute Gasteiger partial charge is 0.221 e. The van der Waals surface area contributed by atoms with E-state index in [0.717, 1.165) is 15.2 Å². The number of halogens is 1. The summed E-state index contributed by atoms with van der Waals surface area (Å²) in [5, 5.41) is 2.21. The number of hydrogen-bond donors (Lipinski definition) is 0. The highest BCUT2D eigenvalue weighted by Gasteiger charge is 2.07. The lowest BCUT2D eigenvalue weighted by Gasteiger charge is -2.07. The normalized spacial score (nSPS) is 10.5. The number of benzene rings is 1. The minimum atomic E-state index is 0.682. The molecule has 0 aliphatic carbocycles. The summed E-state index contributed by atoms with van der Waals surface area (Å²) in [5.74, 6) is 0.682. The number of nitrogens with zero attached hydrogens (tertiary/aromatic N) is 1. The van der Waals surface area contributed by atoms with Gasteiger partial charge in [0.25, 0.3) is 0 Å². The lowest BCUT2D eigenvalue weighted by atomic mass is 10.1. The van der Waals surface area contributed by atoms with Crippen molar-refractivity contribution in [3.05, 3.63) is 34.4 Å². The summed E-state index contributed by atoms with van der Waals surface area (Å²) in [7, 11) is 1.64. The summed E-state index contributed by atoms with van der Waals surface area (Å²) >= 11 is 3.51. The van der Waals surface area contributed by atoms with Crippen molar-refractivity contribution in [1.82, 2.24) is 4.98 Å². The Labute approximate surface area is 91.0 Å². The van der Waals surface area contributed by atoms with E-state index in [9.17, 15) is 0 Å². The Morgan fingerprint density at radius 1 is 1.29 bits per heavy atom. The second-order valence-corrected chi connectivity index (χ2v) is 3.96. The predicted octanol–water partition coefficient (Wildman–Crippen LogP) is 3.31. The Bertz CT molecular complexity index is 482. The molecule has 0 aliphatic rings. The molecule has 2 aromatic rings. The molecule has 14 heavy (non-hydrogen) atoms. The van der Waals surface area contributed by atoms with Gasteiger partial charge in [0.2, 0.25) is 5.88 Å². The summed E-state index contributed by atoms with van der Waals surface area (Å²) in [4.78, 5) is 4.18. The minimum Gasteiger partial charge on any atom is -0.481 e. The van der Waals surface area contributed by atoms with Gasteiger partial charge in [-0.25, -0.2) is 4.98 Å². The zero-order valence-corrected chi connectivity index (χ0v) is 9.63. The van der Waals surface area contributed by atoms with Gasteiger partial charge in [0, 0.05) is 21.4 Å². The Morgan fingerprint density at radius 3 is 2.79 bits per heavy atom. The molecule has 0 amide bonds. The number of methoxy groups -OCH3 is 1. The van der Waals surface area contributed by atoms with Crippen LogP contribution in [0.15, 0.2) is 28.9 Å². The molecular formula is C11H10BrNO. The fourth-order valence-electron chi connectivity index (χ4n) is 1.55. The molecule has 2 rings (SSSR count). The third-order valence-electron chi connectivity index (χ3n) is 2.24. The summed E-state index contributed by atoms with van der Waals surface area (Å²) in [6.07, 6.45) is 1.76. The van der Waals surface area contributed by atoms with E-state index in [-0.39, 0.29) is 0 Å². The molecule has 0 unspecified atom stereocenters. The van der Waals surface area contributed by atoms with Gasteiger partial charge in [-0.05, 0) is 24.6 Å². The number of pyridine rings is 1. The van der Waals surface area contributed by atoms with Crippen LogP contribution in [0, 0.1) is 6.92 Å².